The van der Waals surface area contributed by atoms with Crippen LogP contribution in [0.15, 0.2) is 18.2 Å². The molecule has 9 heteroatoms. The maximum absolute atomic E-state index is 12.5. The van der Waals surface area contributed by atoms with Gasteiger partial charge in [-0.25, -0.2) is 0 Å². The van der Waals surface area contributed by atoms with Gasteiger partial charge in [0.1, 0.15) is 11.5 Å². The standard InChI is InChI=1S/C14H19F3N2O2.2ClH/c15-14(16,17)4-3-12(19-7-5-18-6-8-19)11-2-1-10(20)9-13(11)21;;/h1-2,9,12,18,20-21H,3-8H2;2*1H/t12-;;/m1../s1. The lowest BCUT2D eigenvalue weighted by Gasteiger charge is -2.35. The molecule has 0 aromatic heterocycles. The second kappa shape index (κ2) is 9.42. The minimum absolute atomic E-state index is 0. The first-order valence-corrected chi connectivity index (χ1v) is 6.90. The number of hydrogen-bond acceptors (Lipinski definition) is 4. The third-order valence-electron chi connectivity index (χ3n) is 3.67. The largest absolute Gasteiger partial charge is 0.508 e. The average molecular weight is 377 g/mol. The molecule has 1 aliphatic heterocycles. The Morgan fingerprint density at radius 1 is 1.13 bits per heavy atom. The number of alkyl halides is 3. The highest BCUT2D eigenvalue weighted by Crippen LogP contribution is 2.36. The van der Waals surface area contributed by atoms with E-state index in [2.05, 4.69) is 5.32 Å². The molecule has 1 heterocycles. The first kappa shape index (κ1) is 22.1. The highest BCUT2D eigenvalue weighted by Gasteiger charge is 2.32. The lowest BCUT2D eigenvalue weighted by atomic mass is 9.98. The molecule has 0 radical (unpaired) electrons. The van der Waals surface area contributed by atoms with Crippen LogP contribution in [0, 0.1) is 0 Å². The van der Waals surface area contributed by atoms with Gasteiger partial charge in [0.25, 0.3) is 0 Å². The summed E-state index contributed by atoms with van der Waals surface area (Å²) in [5.41, 5.74) is 0.430. The van der Waals surface area contributed by atoms with Crippen molar-refractivity contribution in [2.24, 2.45) is 0 Å². The van der Waals surface area contributed by atoms with E-state index >= 15 is 0 Å². The number of aromatic hydroxyl groups is 2. The van der Waals surface area contributed by atoms with Gasteiger partial charge in [0, 0.05) is 50.3 Å². The van der Waals surface area contributed by atoms with E-state index in [1.807, 2.05) is 4.90 Å². The maximum Gasteiger partial charge on any atom is 0.389 e. The average Bonchev–Trinajstić information content (AvgIpc) is 2.41. The SMILES string of the molecule is Cl.Cl.Oc1ccc([C@@H](CCC(F)(F)F)N2CCNCC2)c(O)c1. The second-order valence-electron chi connectivity index (χ2n) is 5.20. The van der Waals surface area contributed by atoms with E-state index in [1.165, 1.54) is 12.1 Å². The van der Waals surface area contributed by atoms with Crippen molar-refractivity contribution in [3.8, 4) is 11.5 Å². The normalized spacial score (nSPS) is 17.0. The minimum Gasteiger partial charge on any atom is -0.508 e. The van der Waals surface area contributed by atoms with E-state index in [0.29, 0.717) is 31.7 Å². The van der Waals surface area contributed by atoms with Crippen molar-refractivity contribution in [3.05, 3.63) is 23.8 Å². The zero-order valence-corrected chi connectivity index (χ0v) is 14.0. The monoisotopic (exact) mass is 376 g/mol. The molecule has 1 aromatic carbocycles. The van der Waals surface area contributed by atoms with Crippen molar-refractivity contribution in [2.45, 2.75) is 25.1 Å². The molecular formula is C14H21Cl2F3N2O2. The molecule has 0 bridgehead atoms. The Kier molecular flexibility index (Phi) is 9.05. The summed E-state index contributed by atoms with van der Waals surface area (Å²) in [5, 5.41) is 22.4. The van der Waals surface area contributed by atoms with Crippen LogP contribution in [0.1, 0.15) is 24.4 Å². The van der Waals surface area contributed by atoms with Gasteiger partial charge in [0.2, 0.25) is 0 Å². The number of phenolic OH excluding ortho intramolecular Hbond substituents is 2. The van der Waals surface area contributed by atoms with Gasteiger partial charge in [-0.2, -0.15) is 13.2 Å². The summed E-state index contributed by atoms with van der Waals surface area (Å²) in [5.74, 6) is -0.271. The van der Waals surface area contributed by atoms with Crippen LogP contribution in [0.5, 0.6) is 11.5 Å². The number of phenols is 2. The number of hydrogen-bond donors (Lipinski definition) is 3. The van der Waals surface area contributed by atoms with E-state index in [9.17, 15) is 23.4 Å². The van der Waals surface area contributed by atoms with Crippen molar-refractivity contribution in [2.75, 3.05) is 26.2 Å². The molecule has 4 nitrogen and oxygen atoms in total. The Hall–Kier alpha value is -0.890. The molecule has 0 saturated carbocycles. The second-order valence-corrected chi connectivity index (χ2v) is 5.20. The predicted octanol–water partition coefficient (Wildman–Crippen LogP) is 3.23. The summed E-state index contributed by atoms with van der Waals surface area (Å²) in [7, 11) is 0. The van der Waals surface area contributed by atoms with Gasteiger partial charge in [-0.3, -0.25) is 4.90 Å². The number of halogens is 5. The topological polar surface area (TPSA) is 55.7 Å². The van der Waals surface area contributed by atoms with E-state index in [-0.39, 0.29) is 42.7 Å². The molecule has 2 rings (SSSR count). The fourth-order valence-electron chi connectivity index (χ4n) is 2.64. The first-order valence-electron chi connectivity index (χ1n) is 6.90. The number of rotatable bonds is 4. The van der Waals surface area contributed by atoms with Crippen LogP contribution in [0.3, 0.4) is 0 Å². The molecule has 0 spiro atoms. The lowest BCUT2D eigenvalue weighted by Crippen LogP contribution is -2.45. The summed E-state index contributed by atoms with van der Waals surface area (Å²) in [4.78, 5) is 1.94. The molecule has 1 aliphatic rings. The Labute approximate surface area is 145 Å². The van der Waals surface area contributed by atoms with E-state index in [4.69, 9.17) is 0 Å². The third-order valence-corrected chi connectivity index (χ3v) is 3.67. The summed E-state index contributed by atoms with van der Waals surface area (Å²) in [6.45, 7) is 2.68. The number of benzene rings is 1. The highest BCUT2D eigenvalue weighted by atomic mass is 35.5. The van der Waals surface area contributed by atoms with Crippen molar-refractivity contribution in [1.29, 1.82) is 0 Å². The molecule has 1 aromatic rings. The van der Waals surface area contributed by atoms with E-state index in [1.54, 1.807) is 0 Å². The van der Waals surface area contributed by atoms with Crippen molar-refractivity contribution < 1.29 is 23.4 Å². The van der Waals surface area contributed by atoms with Crippen LogP contribution in [-0.2, 0) is 0 Å². The summed E-state index contributed by atoms with van der Waals surface area (Å²) >= 11 is 0. The molecule has 1 atom stereocenters. The highest BCUT2D eigenvalue weighted by molar-refractivity contribution is 5.85. The van der Waals surface area contributed by atoms with Gasteiger partial charge in [-0.1, -0.05) is 6.07 Å². The Morgan fingerprint density at radius 3 is 2.26 bits per heavy atom. The van der Waals surface area contributed by atoms with Gasteiger partial charge in [0.15, 0.2) is 0 Å². The number of piperazine rings is 1. The van der Waals surface area contributed by atoms with Crippen molar-refractivity contribution in [3.63, 3.8) is 0 Å². The zero-order chi connectivity index (χ0) is 15.5. The number of nitrogens with one attached hydrogen (secondary N) is 1. The zero-order valence-electron chi connectivity index (χ0n) is 12.3. The fraction of sp³-hybridized carbons (Fsp3) is 0.571. The van der Waals surface area contributed by atoms with Crippen LogP contribution in [0.4, 0.5) is 13.2 Å². The summed E-state index contributed by atoms with van der Waals surface area (Å²) in [6, 6.07) is 3.54. The van der Waals surface area contributed by atoms with Crippen LogP contribution >= 0.6 is 24.8 Å². The van der Waals surface area contributed by atoms with E-state index in [0.717, 1.165) is 6.07 Å². The fourth-order valence-corrected chi connectivity index (χ4v) is 2.64. The molecule has 0 amide bonds. The molecule has 0 unspecified atom stereocenters. The molecule has 3 N–H and O–H groups in total. The predicted molar refractivity (Wildman–Crippen MR) is 86.7 cm³/mol. The Morgan fingerprint density at radius 2 is 1.74 bits per heavy atom. The molecule has 0 aliphatic carbocycles. The van der Waals surface area contributed by atoms with Crippen LogP contribution in [-0.4, -0.2) is 47.5 Å². The summed E-state index contributed by atoms with van der Waals surface area (Å²) < 4.78 is 37.6. The van der Waals surface area contributed by atoms with Gasteiger partial charge in [-0.05, 0) is 12.5 Å². The van der Waals surface area contributed by atoms with Crippen LogP contribution in [0.25, 0.3) is 0 Å². The Bertz CT molecular complexity index is 484. The van der Waals surface area contributed by atoms with Gasteiger partial charge in [0.05, 0.1) is 0 Å². The van der Waals surface area contributed by atoms with E-state index < -0.39 is 18.6 Å². The van der Waals surface area contributed by atoms with Gasteiger partial charge >= 0.3 is 6.18 Å². The maximum atomic E-state index is 12.5. The molecule has 134 valence electrons. The van der Waals surface area contributed by atoms with Gasteiger partial charge < -0.3 is 15.5 Å². The quantitative estimate of drug-likeness (QED) is 0.754. The molecule has 1 saturated heterocycles. The molecular weight excluding hydrogens is 356 g/mol. The number of nitrogens with zero attached hydrogens (tertiary/aromatic N) is 1. The lowest BCUT2D eigenvalue weighted by molar-refractivity contribution is -0.138. The van der Waals surface area contributed by atoms with Crippen LogP contribution < -0.4 is 5.32 Å². The Balaban J connectivity index is 0.00000242. The first-order chi connectivity index (χ1) is 9.87. The van der Waals surface area contributed by atoms with Crippen LogP contribution in [0.2, 0.25) is 0 Å². The minimum atomic E-state index is -4.22. The van der Waals surface area contributed by atoms with Gasteiger partial charge in [-0.15, -0.1) is 24.8 Å². The molecule has 23 heavy (non-hydrogen) atoms. The summed E-state index contributed by atoms with van der Waals surface area (Å²) in [6.07, 6.45) is -5.23. The smallest absolute Gasteiger partial charge is 0.389 e. The molecule has 1 fully saturated rings. The van der Waals surface area contributed by atoms with Crippen molar-refractivity contribution in [1.82, 2.24) is 10.2 Å². The third kappa shape index (κ3) is 6.63. The van der Waals surface area contributed by atoms with Crippen molar-refractivity contribution >= 4 is 24.8 Å².